The van der Waals surface area contributed by atoms with Gasteiger partial charge in [0.25, 0.3) is 0 Å². The first-order valence-electron chi connectivity index (χ1n) is 11.9. The zero-order chi connectivity index (χ0) is 22.8. The molecule has 5 aliphatic rings. The predicted octanol–water partition coefficient (Wildman–Crippen LogP) is 1.12. The first kappa shape index (κ1) is 22.5. The second-order valence-electron chi connectivity index (χ2n) is 10.6. The van der Waals surface area contributed by atoms with E-state index in [-0.39, 0.29) is 11.5 Å². The molecule has 2 saturated carbocycles. The Hall–Kier alpha value is -1.29. The van der Waals surface area contributed by atoms with Crippen molar-refractivity contribution in [1.29, 1.82) is 0 Å². The van der Waals surface area contributed by atoms with Gasteiger partial charge in [-0.3, -0.25) is 0 Å². The summed E-state index contributed by atoms with van der Waals surface area (Å²) in [5, 5.41) is 49.9. The lowest BCUT2D eigenvalue weighted by Gasteiger charge is -2.51. The van der Waals surface area contributed by atoms with Gasteiger partial charge in [0.05, 0.1) is 12.2 Å². The van der Waals surface area contributed by atoms with Gasteiger partial charge < -0.3 is 35.0 Å². The Labute approximate surface area is 187 Å². The molecule has 8 heteroatoms. The van der Waals surface area contributed by atoms with Gasteiger partial charge in [-0.25, -0.2) is 4.79 Å². The maximum absolute atomic E-state index is 11.3. The Balaban J connectivity index is 1.28. The summed E-state index contributed by atoms with van der Waals surface area (Å²) < 4.78 is 11.1. The van der Waals surface area contributed by atoms with Crippen molar-refractivity contribution in [3.63, 3.8) is 0 Å². The molecule has 0 radical (unpaired) electrons. The predicted molar refractivity (Wildman–Crippen MR) is 112 cm³/mol. The number of aliphatic hydroxyl groups is 4. The Morgan fingerprint density at radius 3 is 2.62 bits per heavy atom. The molecule has 1 saturated heterocycles. The van der Waals surface area contributed by atoms with Crippen LogP contribution in [0, 0.1) is 23.2 Å². The number of aliphatic hydroxyl groups excluding tert-OH is 4. The number of rotatable bonds is 3. The molecule has 0 aromatic heterocycles. The van der Waals surface area contributed by atoms with Gasteiger partial charge in [0.15, 0.2) is 12.4 Å². The van der Waals surface area contributed by atoms with Crippen LogP contribution in [0.15, 0.2) is 23.3 Å². The van der Waals surface area contributed by atoms with E-state index in [9.17, 15) is 30.3 Å². The van der Waals surface area contributed by atoms with Gasteiger partial charge >= 0.3 is 5.97 Å². The Morgan fingerprint density at radius 2 is 1.88 bits per heavy atom. The maximum atomic E-state index is 11.3. The molecule has 11 atom stereocenters. The van der Waals surface area contributed by atoms with Gasteiger partial charge in [0, 0.05) is 0 Å². The number of carbonyl (C=O) groups is 1. The molecule has 4 aliphatic carbocycles. The molecule has 1 aliphatic heterocycles. The van der Waals surface area contributed by atoms with Crippen LogP contribution in [0.2, 0.25) is 0 Å². The van der Waals surface area contributed by atoms with E-state index >= 15 is 0 Å². The third kappa shape index (κ3) is 3.47. The molecule has 1 heterocycles. The Bertz CT molecular complexity index is 823. The minimum atomic E-state index is -1.72. The average molecular weight is 451 g/mol. The number of allylic oxidation sites excluding steroid dienone is 2. The normalized spacial score (nSPS) is 50.5. The van der Waals surface area contributed by atoms with E-state index in [1.807, 2.05) is 6.08 Å². The van der Waals surface area contributed by atoms with Crippen LogP contribution < -0.4 is 0 Å². The maximum Gasteiger partial charge on any atom is 0.335 e. The highest BCUT2D eigenvalue weighted by molar-refractivity contribution is 5.73. The molecule has 8 nitrogen and oxygen atoms in total. The van der Waals surface area contributed by atoms with Crippen LogP contribution in [-0.2, 0) is 14.3 Å². The average Bonchev–Trinajstić information content (AvgIpc) is 3.08. The molecule has 0 amide bonds. The smallest absolute Gasteiger partial charge is 0.335 e. The summed E-state index contributed by atoms with van der Waals surface area (Å²) >= 11 is 0. The van der Waals surface area contributed by atoms with Crippen molar-refractivity contribution in [2.75, 3.05) is 0 Å². The van der Waals surface area contributed by atoms with E-state index in [2.05, 4.69) is 13.0 Å². The number of hydrogen-bond donors (Lipinski definition) is 5. The molecule has 5 N–H and O–H groups in total. The first-order chi connectivity index (χ1) is 15.2. The summed E-state index contributed by atoms with van der Waals surface area (Å²) in [6.07, 6.45) is 2.40. The summed E-state index contributed by atoms with van der Waals surface area (Å²) in [5.41, 5.74) is 2.76. The van der Waals surface area contributed by atoms with Crippen molar-refractivity contribution >= 4 is 5.97 Å². The third-order valence-corrected chi connectivity index (χ3v) is 9.03. The molecule has 0 aromatic carbocycles. The van der Waals surface area contributed by atoms with E-state index in [1.165, 1.54) is 11.1 Å². The van der Waals surface area contributed by atoms with Gasteiger partial charge in [0.2, 0.25) is 0 Å². The van der Waals surface area contributed by atoms with Gasteiger partial charge in [-0.1, -0.05) is 24.6 Å². The van der Waals surface area contributed by atoms with Gasteiger partial charge in [-0.15, -0.1) is 0 Å². The fraction of sp³-hybridized carbons (Fsp3) is 0.792. The minimum Gasteiger partial charge on any atom is -0.479 e. The van der Waals surface area contributed by atoms with E-state index in [0.717, 1.165) is 38.5 Å². The summed E-state index contributed by atoms with van der Waals surface area (Å²) in [6.45, 7) is 2.27. The fourth-order valence-corrected chi connectivity index (χ4v) is 7.21. The number of fused-ring (bicyclic) bond motifs is 4. The van der Waals surface area contributed by atoms with Crippen LogP contribution in [0.1, 0.15) is 51.9 Å². The van der Waals surface area contributed by atoms with Crippen LogP contribution in [0.4, 0.5) is 0 Å². The second-order valence-corrected chi connectivity index (χ2v) is 10.6. The second kappa shape index (κ2) is 8.18. The van der Waals surface area contributed by atoms with Crippen LogP contribution in [-0.4, -0.2) is 74.4 Å². The molecule has 0 bridgehead atoms. The van der Waals surface area contributed by atoms with Crippen molar-refractivity contribution in [1.82, 2.24) is 0 Å². The third-order valence-electron chi connectivity index (χ3n) is 9.03. The first-order valence-corrected chi connectivity index (χ1v) is 11.9. The monoisotopic (exact) mass is 450 g/mol. The molecule has 0 spiro atoms. The largest absolute Gasteiger partial charge is 0.479 e. The molecule has 0 aromatic rings. The number of ether oxygens (including phenoxy) is 2. The molecule has 3 fully saturated rings. The van der Waals surface area contributed by atoms with Crippen LogP contribution in [0.3, 0.4) is 0 Å². The fourth-order valence-electron chi connectivity index (χ4n) is 7.21. The standard InChI is InChI=1S/C24H34O8/c1-24-9-8-14-13-5-3-12(10-11(13)2-4-15(14)16(24)6-7-17(24)25)31-23-20(28)18(26)19(27)21(32-23)22(29)30/h3,5,12,14-21,23,25-28H,2,4,6-10H2,1H3,(H,29,30)/t12?,14-,15-,16+,17+,18+,19+,20-,21+,23?,24+/m1/s1. The number of aliphatic carboxylic acids is 1. The topological polar surface area (TPSA) is 137 Å². The van der Waals surface area contributed by atoms with Gasteiger partial charge in [0.1, 0.15) is 18.3 Å². The molecule has 178 valence electrons. The lowest BCUT2D eigenvalue weighted by atomic mass is 9.55. The van der Waals surface area contributed by atoms with Crippen LogP contribution >= 0.6 is 0 Å². The molecular weight excluding hydrogens is 416 g/mol. The van der Waals surface area contributed by atoms with Gasteiger partial charge in [-0.05, 0) is 73.7 Å². The molecular formula is C24H34O8. The highest BCUT2D eigenvalue weighted by Gasteiger charge is 2.55. The Morgan fingerprint density at radius 1 is 1.09 bits per heavy atom. The van der Waals surface area contributed by atoms with Crippen molar-refractivity contribution in [3.8, 4) is 0 Å². The summed E-state index contributed by atoms with van der Waals surface area (Å²) in [6, 6.07) is 0. The van der Waals surface area contributed by atoms with E-state index in [0.29, 0.717) is 24.2 Å². The van der Waals surface area contributed by atoms with E-state index in [1.54, 1.807) is 0 Å². The summed E-state index contributed by atoms with van der Waals surface area (Å²) in [7, 11) is 0. The lowest BCUT2D eigenvalue weighted by molar-refractivity contribution is -0.300. The van der Waals surface area contributed by atoms with Crippen molar-refractivity contribution in [3.05, 3.63) is 23.3 Å². The summed E-state index contributed by atoms with van der Waals surface area (Å²) in [5.74, 6) is 0.257. The number of carboxylic acid groups (broad SMARTS) is 1. The zero-order valence-corrected chi connectivity index (χ0v) is 18.3. The molecule has 2 unspecified atom stereocenters. The van der Waals surface area contributed by atoms with E-state index < -0.39 is 42.8 Å². The SMILES string of the molecule is C[C@]12CC[C@@H]3C4=C(CC[C@H]3[C@@H]1CC[C@@H]2O)CC(OC1O[C@H](C(=O)O)[C@@H](O)[C@H](O)[C@H]1O)C=C4. The van der Waals surface area contributed by atoms with Crippen LogP contribution in [0.5, 0.6) is 0 Å². The van der Waals surface area contributed by atoms with Crippen molar-refractivity contribution in [2.24, 2.45) is 23.2 Å². The summed E-state index contributed by atoms with van der Waals surface area (Å²) in [4.78, 5) is 11.3. The van der Waals surface area contributed by atoms with Crippen molar-refractivity contribution in [2.45, 2.75) is 94.8 Å². The minimum absolute atomic E-state index is 0.0454. The number of carboxylic acids is 1. The van der Waals surface area contributed by atoms with E-state index in [4.69, 9.17) is 9.47 Å². The van der Waals surface area contributed by atoms with Crippen molar-refractivity contribution < 1.29 is 39.8 Å². The molecule has 32 heavy (non-hydrogen) atoms. The quantitative estimate of drug-likeness (QED) is 0.431. The lowest BCUT2D eigenvalue weighted by Crippen LogP contribution is -2.60. The van der Waals surface area contributed by atoms with Gasteiger partial charge in [-0.2, -0.15) is 0 Å². The Kier molecular flexibility index (Phi) is 5.75. The zero-order valence-electron chi connectivity index (χ0n) is 18.3. The number of hydrogen-bond acceptors (Lipinski definition) is 7. The highest BCUT2D eigenvalue weighted by Crippen LogP contribution is 2.60. The highest BCUT2D eigenvalue weighted by atomic mass is 16.7. The molecule has 5 rings (SSSR count). The van der Waals surface area contributed by atoms with Crippen LogP contribution in [0.25, 0.3) is 0 Å².